The van der Waals surface area contributed by atoms with Gasteiger partial charge in [-0.3, -0.25) is 0 Å². The van der Waals surface area contributed by atoms with Gasteiger partial charge in [0, 0.05) is 21.1 Å². The molecule has 102 valence electrons. The van der Waals surface area contributed by atoms with Gasteiger partial charge >= 0.3 is 0 Å². The molecule has 0 spiro atoms. The summed E-state index contributed by atoms with van der Waals surface area (Å²) in [4.78, 5) is 1.05. The van der Waals surface area contributed by atoms with Gasteiger partial charge in [-0.1, -0.05) is 0 Å². The maximum absolute atomic E-state index is 13.2. The van der Waals surface area contributed by atoms with Crippen molar-refractivity contribution in [1.29, 1.82) is 0 Å². The lowest BCUT2D eigenvalue weighted by Gasteiger charge is -2.01. The summed E-state index contributed by atoms with van der Waals surface area (Å²) >= 11 is 6.63. The van der Waals surface area contributed by atoms with Gasteiger partial charge in [-0.15, -0.1) is 10.2 Å². The lowest BCUT2D eigenvalue weighted by Crippen LogP contribution is -2.02. The number of hydrogen-bond donors (Lipinski definition) is 0. The van der Waals surface area contributed by atoms with Crippen LogP contribution in [0.3, 0.4) is 0 Å². The number of rotatable bonds is 1. The van der Waals surface area contributed by atoms with Crippen molar-refractivity contribution in [3.05, 3.63) is 50.7 Å². The molecule has 3 rings (SSSR count). The third kappa shape index (κ3) is 2.12. The van der Waals surface area contributed by atoms with Gasteiger partial charge in [-0.2, -0.15) is 4.80 Å². The first-order chi connectivity index (χ1) is 9.47. The van der Waals surface area contributed by atoms with E-state index in [0.29, 0.717) is 20.0 Å². The molecule has 0 saturated heterocycles. The highest BCUT2D eigenvalue weighted by atomic mass is 79.9. The molecule has 3 nitrogen and oxygen atoms in total. The summed E-state index contributed by atoms with van der Waals surface area (Å²) in [5.74, 6) is -4.10. The van der Waals surface area contributed by atoms with E-state index in [2.05, 4.69) is 42.1 Å². The van der Waals surface area contributed by atoms with Crippen LogP contribution < -0.4 is 0 Å². The largest absolute Gasteiger partial charge is 0.204 e. The third-order valence-corrected chi connectivity index (χ3v) is 3.92. The molecule has 0 unspecified atom stereocenters. The molecule has 1 aromatic heterocycles. The first-order valence-electron chi connectivity index (χ1n) is 5.33. The van der Waals surface area contributed by atoms with Gasteiger partial charge in [-0.25, -0.2) is 13.2 Å². The molecule has 2 aromatic carbocycles. The van der Waals surface area contributed by atoms with E-state index in [1.165, 1.54) is 0 Å². The van der Waals surface area contributed by atoms with Crippen molar-refractivity contribution in [2.24, 2.45) is 0 Å². The van der Waals surface area contributed by atoms with E-state index in [9.17, 15) is 13.2 Å². The summed E-state index contributed by atoms with van der Waals surface area (Å²) in [6.07, 6.45) is 0. The van der Waals surface area contributed by atoms with Crippen LogP contribution in [0, 0.1) is 17.5 Å². The van der Waals surface area contributed by atoms with Crippen molar-refractivity contribution in [3.63, 3.8) is 0 Å². The van der Waals surface area contributed by atoms with E-state index in [1.807, 2.05) is 0 Å². The van der Waals surface area contributed by atoms with Gasteiger partial charge < -0.3 is 0 Å². The van der Waals surface area contributed by atoms with Crippen LogP contribution in [-0.2, 0) is 0 Å². The number of nitrogens with zero attached hydrogens (tertiary/aromatic N) is 3. The molecule has 0 N–H and O–H groups in total. The number of aromatic nitrogens is 3. The first kappa shape index (κ1) is 13.6. The average Bonchev–Trinajstić information content (AvgIpc) is 2.86. The van der Waals surface area contributed by atoms with Crippen LogP contribution in [0.4, 0.5) is 13.2 Å². The van der Waals surface area contributed by atoms with Gasteiger partial charge in [0.25, 0.3) is 0 Å². The maximum Gasteiger partial charge on any atom is 0.194 e. The molecule has 0 aliphatic rings. The predicted octanol–water partition coefficient (Wildman–Crippen LogP) is 4.36. The zero-order chi connectivity index (χ0) is 14.4. The van der Waals surface area contributed by atoms with Crippen LogP contribution in [0.5, 0.6) is 0 Å². The van der Waals surface area contributed by atoms with Gasteiger partial charge in [0.05, 0.1) is 5.69 Å². The molecule has 1 heterocycles. The minimum atomic E-state index is -1.52. The summed E-state index contributed by atoms with van der Waals surface area (Å²) < 4.78 is 40.8. The minimum Gasteiger partial charge on any atom is -0.204 e. The molecule has 20 heavy (non-hydrogen) atoms. The molecular weight excluding hydrogens is 403 g/mol. The molecule has 0 radical (unpaired) electrons. The number of fused-ring (bicyclic) bond motifs is 1. The van der Waals surface area contributed by atoms with Crippen molar-refractivity contribution in [2.45, 2.75) is 0 Å². The normalized spacial score (nSPS) is 11.2. The average molecular weight is 407 g/mol. The van der Waals surface area contributed by atoms with E-state index in [4.69, 9.17) is 0 Å². The number of benzene rings is 2. The second-order valence-corrected chi connectivity index (χ2v) is 5.65. The topological polar surface area (TPSA) is 30.7 Å². The van der Waals surface area contributed by atoms with E-state index >= 15 is 0 Å². The molecule has 3 aromatic rings. The zero-order valence-electron chi connectivity index (χ0n) is 9.54. The Morgan fingerprint density at radius 2 is 1.30 bits per heavy atom. The highest BCUT2D eigenvalue weighted by Crippen LogP contribution is 2.28. The standard InChI is InChI=1S/C12H4Br2F3N3/c13-6-1-2-7(14)12-11(6)18-20(19-12)5-3-8(15)10(17)9(16)4-5/h1-4H. The lowest BCUT2D eigenvalue weighted by atomic mass is 10.3. The fourth-order valence-corrected chi connectivity index (χ4v) is 2.50. The monoisotopic (exact) mass is 405 g/mol. The van der Waals surface area contributed by atoms with Gasteiger partial charge in [0.15, 0.2) is 17.5 Å². The van der Waals surface area contributed by atoms with Crippen LogP contribution in [0.1, 0.15) is 0 Å². The van der Waals surface area contributed by atoms with Gasteiger partial charge in [0.2, 0.25) is 0 Å². The molecular formula is C12H4Br2F3N3. The smallest absolute Gasteiger partial charge is 0.194 e. The lowest BCUT2D eigenvalue weighted by molar-refractivity contribution is 0.445. The van der Waals surface area contributed by atoms with Gasteiger partial charge in [0.1, 0.15) is 11.0 Å². The second-order valence-electron chi connectivity index (χ2n) is 3.94. The van der Waals surface area contributed by atoms with Crippen molar-refractivity contribution in [3.8, 4) is 5.69 Å². The van der Waals surface area contributed by atoms with E-state index in [1.54, 1.807) is 12.1 Å². The molecule has 0 aliphatic heterocycles. The van der Waals surface area contributed by atoms with Crippen LogP contribution in [0.2, 0.25) is 0 Å². The summed E-state index contributed by atoms with van der Waals surface area (Å²) in [5.41, 5.74) is 1.03. The van der Waals surface area contributed by atoms with Crippen LogP contribution >= 0.6 is 31.9 Å². The third-order valence-electron chi connectivity index (χ3n) is 2.64. The summed E-state index contributed by atoms with van der Waals surface area (Å²) in [7, 11) is 0. The Morgan fingerprint density at radius 3 is 1.75 bits per heavy atom. The highest BCUT2D eigenvalue weighted by molar-refractivity contribution is 9.11. The first-order valence-corrected chi connectivity index (χ1v) is 6.92. The van der Waals surface area contributed by atoms with Crippen molar-refractivity contribution >= 4 is 42.9 Å². The Labute approximate surface area is 127 Å². The Morgan fingerprint density at radius 1 is 0.850 bits per heavy atom. The Hall–Kier alpha value is -1.41. The van der Waals surface area contributed by atoms with Crippen molar-refractivity contribution in [1.82, 2.24) is 15.0 Å². The van der Waals surface area contributed by atoms with E-state index in [0.717, 1.165) is 16.9 Å². The van der Waals surface area contributed by atoms with E-state index < -0.39 is 17.5 Å². The second kappa shape index (κ2) is 4.85. The predicted molar refractivity (Wildman–Crippen MR) is 74.1 cm³/mol. The van der Waals surface area contributed by atoms with Gasteiger partial charge in [-0.05, 0) is 44.0 Å². The Balaban J connectivity index is 2.25. The number of halogens is 5. The molecule has 0 fully saturated rings. The molecule has 0 saturated carbocycles. The van der Waals surface area contributed by atoms with Crippen LogP contribution in [0.15, 0.2) is 33.2 Å². The summed E-state index contributed by atoms with van der Waals surface area (Å²) in [6, 6.07) is 5.19. The SMILES string of the molecule is Fc1cc(-n2nc3c(Br)ccc(Br)c3n2)cc(F)c1F. The zero-order valence-corrected chi connectivity index (χ0v) is 12.7. The van der Waals surface area contributed by atoms with Crippen molar-refractivity contribution < 1.29 is 13.2 Å². The Kier molecular flexibility index (Phi) is 3.29. The van der Waals surface area contributed by atoms with Crippen LogP contribution in [0.25, 0.3) is 16.7 Å². The maximum atomic E-state index is 13.2. The molecule has 0 amide bonds. The van der Waals surface area contributed by atoms with Crippen LogP contribution in [-0.4, -0.2) is 15.0 Å². The summed E-state index contributed by atoms with van der Waals surface area (Å²) in [5, 5.41) is 8.26. The highest BCUT2D eigenvalue weighted by Gasteiger charge is 2.15. The molecule has 0 atom stereocenters. The van der Waals surface area contributed by atoms with Crippen molar-refractivity contribution in [2.75, 3.05) is 0 Å². The summed E-state index contributed by atoms with van der Waals surface area (Å²) in [6.45, 7) is 0. The number of hydrogen-bond acceptors (Lipinski definition) is 2. The van der Waals surface area contributed by atoms with E-state index in [-0.39, 0.29) is 5.69 Å². The fourth-order valence-electron chi connectivity index (χ4n) is 1.71. The fraction of sp³-hybridized carbons (Fsp3) is 0. The minimum absolute atomic E-state index is 0.00333. The quantitative estimate of drug-likeness (QED) is 0.562. The molecule has 8 heteroatoms. The molecule has 0 bridgehead atoms. The Bertz CT molecular complexity index is 770. The molecule has 0 aliphatic carbocycles.